The molecule has 4 heterocycles. The van der Waals surface area contributed by atoms with Crippen molar-refractivity contribution in [2.75, 3.05) is 37.6 Å². The number of nitrogens with zero attached hydrogens (tertiary/aromatic N) is 6. The van der Waals surface area contributed by atoms with Crippen LogP contribution in [0.25, 0.3) is 0 Å². The molecular formula is C21H28N6O2. The van der Waals surface area contributed by atoms with Crippen molar-refractivity contribution in [2.24, 2.45) is 0 Å². The van der Waals surface area contributed by atoms with Crippen LogP contribution in [0.3, 0.4) is 0 Å². The van der Waals surface area contributed by atoms with Crippen molar-refractivity contribution in [2.45, 2.75) is 39.3 Å². The lowest BCUT2D eigenvalue weighted by Crippen LogP contribution is -2.48. The number of carbonyl (C=O) groups is 2. The smallest absolute Gasteiger partial charge is 0.244 e. The molecule has 4 rings (SSSR count). The molecule has 0 aliphatic carbocycles. The second kappa shape index (κ2) is 8.23. The number of aromatic nitrogens is 3. The van der Waals surface area contributed by atoms with Gasteiger partial charge in [-0.05, 0) is 38.0 Å². The molecule has 154 valence electrons. The monoisotopic (exact) mass is 396 g/mol. The summed E-state index contributed by atoms with van der Waals surface area (Å²) < 4.78 is 1.67. The summed E-state index contributed by atoms with van der Waals surface area (Å²) in [6.07, 6.45) is 5.41. The fourth-order valence-corrected chi connectivity index (χ4v) is 4.30. The van der Waals surface area contributed by atoms with Gasteiger partial charge in [0.2, 0.25) is 11.8 Å². The minimum atomic E-state index is 0.00946. The van der Waals surface area contributed by atoms with Crippen LogP contribution in [0.1, 0.15) is 37.2 Å². The van der Waals surface area contributed by atoms with E-state index >= 15 is 0 Å². The van der Waals surface area contributed by atoms with E-state index in [4.69, 9.17) is 4.98 Å². The molecule has 0 unspecified atom stereocenters. The molecule has 2 saturated heterocycles. The standard InChI is InChI=1S/C21H28N6O2/c1-16-13-18(25-11-9-24(10-12-25)17(2)28)14-19(23-16)20-5-3-8-27(20)21(29)15-26-7-4-6-22-26/h4,6-7,13-14,20H,3,5,8-12,15H2,1-2H3/t20-/m0/s1. The van der Waals surface area contributed by atoms with E-state index in [0.29, 0.717) is 0 Å². The van der Waals surface area contributed by atoms with Gasteiger partial charge >= 0.3 is 0 Å². The molecule has 2 aliphatic rings. The highest BCUT2D eigenvalue weighted by atomic mass is 16.2. The Hall–Kier alpha value is -2.90. The number of rotatable bonds is 4. The first-order chi connectivity index (χ1) is 14.0. The molecule has 0 spiro atoms. The number of hydrogen-bond donors (Lipinski definition) is 0. The van der Waals surface area contributed by atoms with E-state index in [1.54, 1.807) is 17.8 Å². The van der Waals surface area contributed by atoms with Crippen molar-refractivity contribution < 1.29 is 9.59 Å². The lowest BCUT2D eigenvalue weighted by molar-refractivity contribution is -0.133. The SMILES string of the molecule is CC(=O)N1CCN(c2cc(C)nc([C@@H]3CCCN3C(=O)Cn3cccn3)c2)CC1. The Morgan fingerprint density at radius 1 is 1.14 bits per heavy atom. The third-order valence-electron chi connectivity index (χ3n) is 5.82. The molecule has 0 saturated carbocycles. The highest BCUT2D eigenvalue weighted by molar-refractivity contribution is 5.77. The fraction of sp³-hybridized carbons (Fsp3) is 0.524. The fourth-order valence-electron chi connectivity index (χ4n) is 4.30. The van der Waals surface area contributed by atoms with E-state index in [2.05, 4.69) is 22.1 Å². The first-order valence-corrected chi connectivity index (χ1v) is 10.3. The zero-order valence-electron chi connectivity index (χ0n) is 17.1. The number of aryl methyl sites for hydroxylation is 1. The Morgan fingerprint density at radius 3 is 2.62 bits per heavy atom. The Bertz CT molecular complexity index is 873. The minimum Gasteiger partial charge on any atom is -0.368 e. The van der Waals surface area contributed by atoms with Gasteiger partial charge in [0.15, 0.2) is 0 Å². The lowest BCUT2D eigenvalue weighted by Gasteiger charge is -2.36. The zero-order valence-corrected chi connectivity index (χ0v) is 17.1. The van der Waals surface area contributed by atoms with Gasteiger partial charge in [0.1, 0.15) is 6.54 Å². The van der Waals surface area contributed by atoms with Crippen molar-refractivity contribution in [3.63, 3.8) is 0 Å². The Labute approximate surface area is 171 Å². The van der Waals surface area contributed by atoms with Crippen LogP contribution in [0, 0.1) is 6.92 Å². The van der Waals surface area contributed by atoms with Crippen LogP contribution >= 0.6 is 0 Å². The van der Waals surface area contributed by atoms with Crippen LogP contribution in [-0.4, -0.2) is 69.1 Å². The summed E-state index contributed by atoms with van der Waals surface area (Å²) in [5, 5.41) is 4.15. The second-order valence-electron chi connectivity index (χ2n) is 7.83. The highest BCUT2D eigenvalue weighted by Crippen LogP contribution is 2.33. The van der Waals surface area contributed by atoms with E-state index in [-0.39, 0.29) is 24.4 Å². The molecule has 2 aromatic heterocycles. The van der Waals surface area contributed by atoms with Crippen molar-refractivity contribution in [3.8, 4) is 0 Å². The largest absolute Gasteiger partial charge is 0.368 e. The number of anilines is 1. The molecule has 2 aliphatic heterocycles. The molecular weight excluding hydrogens is 368 g/mol. The number of carbonyl (C=O) groups excluding carboxylic acids is 2. The van der Waals surface area contributed by atoms with Crippen LogP contribution in [0.5, 0.6) is 0 Å². The zero-order chi connectivity index (χ0) is 20.4. The Kier molecular flexibility index (Phi) is 5.51. The van der Waals surface area contributed by atoms with E-state index < -0.39 is 0 Å². The van der Waals surface area contributed by atoms with Crippen LogP contribution in [0.4, 0.5) is 5.69 Å². The maximum atomic E-state index is 12.9. The van der Waals surface area contributed by atoms with Crippen molar-refractivity contribution in [1.82, 2.24) is 24.6 Å². The predicted octanol–water partition coefficient (Wildman–Crippen LogP) is 1.62. The Morgan fingerprint density at radius 2 is 1.93 bits per heavy atom. The van der Waals surface area contributed by atoms with Crippen LogP contribution < -0.4 is 4.90 Å². The molecule has 0 N–H and O–H groups in total. The summed E-state index contributed by atoms with van der Waals surface area (Å²) in [7, 11) is 0. The second-order valence-corrected chi connectivity index (χ2v) is 7.83. The maximum absolute atomic E-state index is 12.9. The molecule has 8 nitrogen and oxygen atoms in total. The molecule has 0 bridgehead atoms. The van der Waals surface area contributed by atoms with Crippen molar-refractivity contribution >= 4 is 17.5 Å². The predicted molar refractivity (Wildman–Crippen MR) is 109 cm³/mol. The molecule has 2 amide bonds. The lowest BCUT2D eigenvalue weighted by atomic mass is 10.1. The molecule has 2 aromatic rings. The van der Waals surface area contributed by atoms with Gasteiger partial charge in [0.25, 0.3) is 0 Å². The first kappa shape index (κ1) is 19.4. The maximum Gasteiger partial charge on any atom is 0.244 e. The molecule has 2 fully saturated rings. The van der Waals surface area contributed by atoms with Gasteiger partial charge in [-0.25, -0.2) is 0 Å². The van der Waals surface area contributed by atoms with Crippen LogP contribution in [0.2, 0.25) is 0 Å². The van der Waals surface area contributed by atoms with Gasteiger partial charge in [-0.15, -0.1) is 0 Å². The van der Waals surface area contributed by atoms with Crippen LogP contribution in [-0.2, 0) is 16.1 Å². The summed E-state index contributed by atoms with van der Waals surface area (Å²) in [4.78, 5) is 35.4. The number of hydrogen-bond acceptors (Lipinski definition) is 5. The van der Waals surface area contributed by atoms with E-state index in [9.17, 15) is 9.59 Å². The van der Waals surface area contributed by atoms with Gasteiger partial charge < -0.3 is 14.7 Å². The molecule has 8 heteroatoms. The molecule has 1 atom stereocenters. The van der Waals surface area contributed by atoms with Gasteiger partial charge in [-0.1, -0.05) is 0 Å². The van der Waals surface area contributed by atoms with E-state index in [1.807, 2.05) is 29.0 Å². The van der Waals surface area contributed by atoms with Crippen molar-refractivity contribution in [1.29, 1.82) is 0 Å². The summed E-state index contributed by atoms with van der Waals surface area (Å²) in [6, 6.07) is 6.06. The summed E-state index contributed by atoms with van der Waals surface area (Å²) >= 11 is 0. The first-order valence-electron chi connectivity index (χ1n) is 10.3. The van der Waals surface area contributed by atoms with Gasteiger partial charge in [0.05, 0.1) is 11.7 Å². The number of likely N-dealkylation sites (tertiary alicyclic amines) is 1. The third-order valence-corrected chi connectivity index (χ3v) is 5.82. The number of piperazine rings is 1. The Balaban J connectivity index is 1.50. The van der Waals surface area contributed by atoms with Gasteiger partial charge in [-0.3, -0.25) is 19.3 Å². The average molecular weight is 396 g/mol. The third kappa shape index (κ3) is 4.26. The summed E-state index contributed by atoms with van der Waals surface area (Å²) in [5.74, 6) is 0.213. The molecule has 0 radical (unpaired) electrons. The van der Waals surface area contributed by atoms with Crippen molar-refractivity contribution in [3.05, 3.63) is 42.0 Å². The van der Waals surface area contributed by atoms with Crippen LogP contribution in [0.15, 0.2) is 30.6 Å². The summed E-state index contributed by atoms with van der Waals surface area (Å²) in [6.45, 7) is 7.75. The normalized spacial score (nSPS) is 19.7. The van der Waals surface area contributed by atoms with Gasteiger partial charge in [0, 0.05) is 63.4 Å². The molecule has 0 aromatic carbocycles. The average Bonchev–Trinajstić information content (AvgIpc) is 3.39. The minimum absolute atomic E-state index is 0.00946. The molecule has 29 heavy (non-hydrogen) atoms. The number of pyridine rings is 1. The van der Waals surface area contributed by atoms with E-state index in [0.717, 1.165) is 62.6 Å². The summed E-state index contributed by atoms with van der Waals surface area (Å²) in [5.41, 5.74) is 3.04. The quantitative estimate of drug-likeness (QED) is 0.785. The van der Waals surface area contributed by atoms with Gasteiger partial charge in [-0.2, -0.15) is 5.10 Å². The topological polar surface area (TPSA) is 74.6 Å². The number of amides is 2. The van der Waals surface area contributed by atoms with E-state index in [1.165, 1.54) is 0 Å². The highest BCUT2D eigenvalue weighted by Gasteiger charge is 2.32.